The third kappa shape index (κ3) is 3.19. The van der Waals surface area contributed by atoms with E-state index in [9.17, 15) is 10.1 Å². The van der Waals surface area contributed by atoms with E-state index in [0.29, 0.717) is 18.0 Å². The summed E-state index contributed by atoms with van der Waals surface area (Å²) in [5.41, 5.74) is 4.04. The van der Waals surface area contributed by atoms with E-state index in [2.05, 4.69) is 16.1 Å². The van der Waals surface area contributed by atoms with Gasteiger partial charge in [-0.15, -0.1) is 0 Å². The Morgan fingerprint density at radius 3 is 2.82 bits per heavy atom. The zero-order chi connectivity index (χ0) is 19.1. The summed E-state index contributed by atoms with van der Waals surface area (Å²) in [5.74, 6) is 1.33. The Hall–Kier alpha value is -2.68. The van der Waals surface area contributed by atoms with Gasteiger partial charge < -0.3 is 4.90 Å². The molecule has 28 heavy (non-hydrogen) atoms. The Morgan fingerprint density at radius 2 is 2.00 bits per heavy atom. The van der Waals surface area contributed by atoms with Gasteiger partial charge in [0.2, 0.25) is 0 Å². The van der Waals surface area contributed by atoms with Crippen molar-refractivity contribution in [1.82, 2.24) is 14.8 Å². The summed E-state index contributed by atoms with van der Waals surface area (Å²) in [6.07, 6.45) is 8.75. The number of aryl methyl sites for hydroxylation is 2. The minimum atomic E-state index is -0.0462. The van der Waals surface area contributed by atoms with Gasteiger partial charge in [0.15, 0.2) is 0 Å². The van der Waals surface area contributed by atoms with Crippen LogP contribution in [0.15, 0.2) is 23.0 Å². The van der Waals surface area contributed by atoms with Gasteiger partial charge in [-0.25, -0.2) is 9.67 Å². The smallest absolute Gasteiger partial charge is 0.266 e. The molecule has 2 aromatic rings. The number of anilines is 1. The molecule has 6 nitrogen and oxygen atoms in total. The second kappa shape index (κ2) is 7.05. The van der Waals surface area contributed by atoms with Gasteiger partial charge >= 0.3 is 0 Å². The van der Waals surface area contributed by atoms with Crippen LogP contribution in [0.1, 0.15) is 67.0 Å². The Bertz CT molecular complexity index is 1000. The molecule has 2 aliphatic carbocycles. The van der Waals surface area contributed by atoms with Gasteiger partial charge in [-0.05, 0) is 69.1 Å². The molecule has 0 N–H and O–H groups in total. The Morgan fingerprint density at radius 1 is 1.14 bits per heavy atom. The van der Waals surface area contributed by atoms with Crippen molar-refractivity contribution in [1.29, 1.82) is 5.26 Å². The standard InChI is InChI=1S/C22H25N5O/c23-13-17-12-16-4-1-2-6-19(16)24-22(17)26-11-3-5-18(26)14-27-21(28)10-9-20(25-27)15-7-8-15/h9-10,12,15,18H,1-8,11,14H2. The van der Waals surface area contributed by atoms with Crippen molar-refractivity contribution < 1.29 is 0 Å². The highest BCUT2D eigenvalue weighted by molar-refractivity contribution is 5.57. The summed E-state index contributed by atoms with van der Waals surface area (Å²) in [6, 6.07) is 8.09. The predicted octanol–water partition coefficient (Wildman–Crippen LogP) is 2.94. The van der Waals surface area contributed by atoms with Crippen molar-refractivity contribution in [2.24, 2.45) is 0 Å². The summed E-state index contributed by atoms with van der Waals surface area (Å²) in [6.45, 7) is 1.44. The second-order valence-electron chi connectivity index (χ2n) is 8.33. The highest BCUT2D eigenvalue weighted by atomic mass is 16.1. The van der Waals surface area contributed by atoms with Crippen LogP contribution < -0.4 is 10.5 Å². The minimum Gasteiger partial charge on any atom is -0.351 e. The van der Waals surface area contributed by atoms with Crippen molar-refractivity contribution in [3.05, 3.63) is 51.1 Å². The van der Waals surface area contributed by atoms with Crippen LogP contribution in [0.3, 0.4) is 0 Å². The van der Waals surface area contributed by atoms with Crippen molar-refractivity contribution in [3.8, 4) is 6.07 Å². The summed E-state index contributed by atoms with van der Waals surface area (Å²) in [4.78, 5) is 19.5. The first-order valence-electron chi connectivity index (χ1n) is 10.5. The first-order valence-corrected chi connectivity index (χ1v) is 10.5. The Kier molecular flexibility index (Phi) is 4.38. The van der Waals surface area contributed by atoms with Crippen LogP contribution in [0.2, 0.25) is 0 Å². The average Bonchev–Trinajstić information content (AvgIpc) is 3.47. The van der Waals surface area contributed by atoms with Crippen LogP contribution in [0.4, 0.5) is 5.82 Å². The third-order valence-corrected chi connectivity index (χ3v) is 6.32. The molecule has 0 aromatic carbocycles. The average molecular weight is 375 g/mol. The molecule has 0 bridgehead atoms. The van der Waals surface area contributed by atoms with E-state index in [1.54, 1.807) is 10.7 Å². The Balaban J connectivity index is 1.46. The highest BCUT2D eigenvalue weighted by Crippen LogP contribution is 2.38. The van der Waals surface area contributed by atoms with Gasteiger partial charge in [0.05, 0.1) is 23.8 Å². The molecule has 144 valence electrons. The topological polar surface area (TPSA) is 74.8 Å². The normalized spacial score (nSPS) is 21.4. The zero-order valence-electron chi connectivity index (χ0n) is 16.1. The third-order valence-electron chi connectivity index (χ3n) is 6.32. The van der Waals surface area contributed by atoms with Crippen molar-refractivity contribution in [2.75, 3.05) is 11.4 Å². The number of pyridine rings is 1. The van der Waals surface area contributed by atoms with Crippen molar-refractivity contribution in [2.45, 2.75) is 69.9 Å². The summed E-state index contributed by atoms with van der Waals surface area (Å²) >= 11 is 0. The van der Waals surface area contributed by atoms with E-state index < -0.39 is 0 Å². The van der Waals surface area contributed by atoms with E-state index in [1.807, 2.05) is 12.1 Å². The molecule has 1 saturated heterocycles. The van der Waals surface area contributed by atoms with E-state index >= 15 is 0 Å². The molecule has 0 spiro atoms. The number of hydrogen-bond acceptors (Lipinski definition) is 5. The van der Waals surface area contributed by atoms with Crippen LogP contribution >= 0.6 is 0 Å². The molecule has 1 saturated carbocycles. The Labute approximate surface area is 164 Å². The first-order chi connectivity index (χ1) is 13.7. The SMILES string of the molecule is N#Cc1cc2c(nc1N1CCCC1Cn1nc(C3CC3)ccc1=O)CCCC2. The maximum Gasteiger partial charge on any atom is 0.266 e. The maximum absolute atomic E-state index is 12.4. The number of nitrogens with zero attached hydrogens (tertiary/aromatic N) is 5. The molecule has 0 amide bonds. The lowest BCUT2D eigenvalue weighted by Crippen LogP contribution is -2.38. The fraction of sp³-hybridized carbons (Fsp3) is 0.545. The summed E-state index contributed by atoms with van der Waals surface area (Å²) in [7, 11) is 0. The van der Waals surface area contributed by atoms with Crippen LogP contribution in [-0.4, -0.2) is 27.4 Å². The summed E-state index contributed by atoms with van der Waals surface area (Å²) < 4.78 is 1.63. The van der Waals surface area contributed by atoms with Crippen molar-refractivity contribution in [3.63, 3.8) is 0 Å². The molecule has 2 aromatic heterocycles. The second-order valence-corrected chi connectivity index (χ2v) is 8.33. The maximum atomic E-state index is 12.4. The molecular formula is C22H25N5O. The van der Waals surface area contributed by atoms with E-state index in [1.165, 1.54) is 31.2 Å². The minimum absolute atomic E-state index is 0.0462. The zero-order valence-corrected chi connectivity index (χ0v) is 16.1. The van der Waals surface area contributed by atoms with Gasteiger partial charge in [-0.2, -0.15) is 10.4 Å². The van der Waals surface area contributed by atoms with Crippen LogP contribution in [0.25, 0.3) is 0 Å². The lowest BCUT2D eigenvalue weighted by molar-refractivity contribution is 0.480. The van der Waals surface area contributed by atoms with Crippen LogP contribution in [-0.2, 0) is 19.4 Å². The van der Waals surface area contributed by atoms with E-state index in [4.69, 9.17) is 4.98 Å². The monoisotopic (exact) mass is 375 g/mol. The number of rotatable bonds is 4. The largest absolute Gasteiger partial charge is 0.351 e. The fourth-order valence-corrected chi connectivity index (χ4v) is 4.62. The van der Waals surface area contributed by atoms with Gasteiger partial charge in [0.25, 0.3) is 5.56 Å². The molecule has 3 aliphatic rings. The summed E-state index contributed by atoms with van der Waals surface area (Å²) in [5, 5.41) is 14.4. The van der Waals surface area contributed by atoms with Crippen LogP contribution in [0.5, 0.6) is 0 Å². The molecule has 6 heteroatoms. The molecule has 1 unspecified atom stereocenters. The van der Waals surface area contributed by atoms with E-state index in [0.717, 1.165) is 49.4 Å². The van der Waals surface area contributed by atoms with Gasteiger partial charge in [0.1, 0.15) is 11.9 Å². The van der Waals surface area contributed by atoms with Gasteiger partial charge in [-0.3, -0.25) is 4.79 Å². The number of aromatic nitrogens is 3. The molecule has 1 aliphatic heterocycles. The lowest BCUT2D eigenvalue weighted by Gasteiger charge is -2.28. The molecule has 1 atom stereocenters. The first kappa shape index (κ1) is 17.4. The predicted molar refractivity (Wildman–Crippen MR) is 106 cm³/mol. The highest BCUT2D eigenvalue weighted by Gasteiger charge is 2.31. The molecule has 5 rings (SSSR count). The lowest BCUT2D eigenvalue weighted by atomic mass is 9.95. The quantitative estimate of drug-likeness (QED) is 0.821. The molecule has 2 fully saturated rings. The number of hydrogen-bond donors (Lipinski definition) is 0. The van der Waals surface area contributed by atoms with Crippen LogP contribution in [0, 0.1) is 11.3 Å². The molecular weight excluding hydrogens is 350 g/mol. The van der Waals surface area contributed by atoms with Gasteiger partial charge in [0, 0.05) is 24.2 Å². The van der Waals surface area contributed by atoms with Gasteiger partial charge in [-0.1, -0.05) is 0 Å². The number of fused-ring (bicyclic) bond motifs is 1. The fourth-order valence-electron chi connectivity index (χ4n) is 4.62. The van der Waals surface area contributed by atoms with Crippen molar-refractivity contribution >= 4 is 5.82 Å². The van der Waals surface area contributed by atoms with E-state index in [-0.39, 0.29) is 11.6 Å². The molecule has 0 radical (unpaired) electrons. The number of nitriles is 1. The molecule has 3 heterocycles.